The van der Waals surface area contributed by atoms with E-state index in [9.17, 15) is 18.0 Å². The number of hydrogen-bond donors (Lipinski definition) is 2. The van der Waals surface area contributed by atoms with Crippen molar-refractivity contribution in [3.63, 3.8) is 0 Å². The molecule has 0 fully saturated rings. The van der Waals surface area contributed by atoms with Crippen LogP contribution in [0.25, 0.3) is 0 Å². The van der Waals surface area contributed by atoms with Crippen molar-refractivity contribution < 1.29 is 18.0 Å². The van der Waals surface area contributed by atoms with Gasteiger partial charge < -0.3 is 10.6 Å². The molecule has 2 amide bonds. The molecular formula is C25H27N3O4S. The second-order valence-corrected chi connectivity index (χ2v) is 9.71. The van der Waals surface area contributed by atoms with Gasteiger partial charge in [0.05, 0.1) is 10.6 Å². The van der Waals surface area contributed by atoms with Gasteiger partial charge >= 0.3 is 0 Å². The lowest BCUT2D eigenvalue weighted by Crippen LogP contribution is -2.38. The predicted molar refractivity (Wildman–Crippen MR) is 131 cm³/mol. The van der Waals surface area contributed by atoms with Gasteiger partial charge in [0.25, 0.3) is 10.0 Å². The molecule has 0 radical (unpaired) electrons. The quantitative estimate of drug-likeness (QED) is 0.540. The normalized spacial score (nSPS) is 11.0. The number of benzene rings is 3. The molecule has 0 aliphatic rings. The zero-order valence-electron chi connectivity index (χ0n) is 19.0. The summed E-state index contributed by atoms with van der Waals surface area (Å²) in [7, 11) is -3.99. The molecule has 0 heterocycles. The summed E-state index contributed by atoms with van der Waals surface area (Å²) in [6.45, 7) is 6.62. The van der Waals surface area contributed by atoms with Gasteiger partial charge in [-0.05, 0) is 74.4 Å². The first kappa shape index (κ1) is 24.0. The lowest BCUT2D eigenvalue weighted by Gasteiger charge is -2.26. The average molecular weight is 466 g/mol. The Labute approximate surface area is 194 Å². The van der Waals surface area contributed by atoms with Crippen LogP contribution in [0.4, 0.5) is 17.1 Å². The molecule has 3 rings (SSSR count). The summed E-state index contributed by atoms with van der Waals surface area (Å²) >= 11 is 0. The lowest BCUT2D eigenvalue weighted by molar-refractivity contribution is -0.115. The number of sulfonamides is 1. The number of amides is 2. The molecule has 8 heteroatoms. The number of anilines is 3. The SMILES string of the molecule is CC(=O)Nc1ccc(NC(=O)CN(c2cccc(C)c2C)S(=O)(=O)c2ccc(C)cc2)cc1. The summed E-state index contributed by atoms with van der Waals surface area (Å²) in [5.41, 5.74) is 4.17. The van der Waals surface area contributed by atoms with E-state index in [2.05, 4.69) is 10.6 Å². The van der Waals surface area contributed by atoms with Gasteiger partial charge in [-0.3, -0.25) is 13.9 Å². The molecule has 0 unspecified atom stereocenters. The molecule has 0 atom stereocenters. The highest BCUT2D eigenvalue weighted by Crippen LogP contribution is 2.29. The van der Waals surface area contributed by atoms with E-state index in [4.69, 9.17) is 0 Å². The zero-order valence-corrected chi connectivity index (χ0v) is 19.9. The number of nitrogens with zero attached hydrogens (tertiary/aromatic N) is 1. The van der Waals surface area contributed by atoms with Gasteiger partial charge in [-0.1, -0.05) is 29.8 Å². The van der Waals surface area contributed by atoms with Gasteiger partial charge in [0.2, 0.25) is 11.8 Å². The molecule has 0 saturated heterocycles. The van der Waals surface area contributed by atoms with Crippen LogP contribution in [0, 0.1) is 20.8 Å². The third-order valence-corrected chi connectivity index (χ3v) is 7.00. The highest BCUT2D eigenvalue weighted by atomic mass is 32.2. The van der Waals surface area contributed by atoms with Crippen molar-refractivity contribution >= 4 is 38.9 Å². The average Bonchev–Trinajstić information content (AvgIpc) is 2.75. The monoisotopic (exact) mass is 465 g/mol. The van der Waals surface area contributed by atoms with E-state index in [0.717, 1.165) is 21.0 Å². The zero-order chi connectivity index (χ0) is 24.2. The first-order valence-electron chi connectivity index (χ1n) is 10.4. The highest BCUT2D eigenvalue weighted by Gasteiger charge is 2.28. The minimum atomic E-state index is -3.99. The second-order valence-electron chi connectivity index (χ2n) is 7.85. The van der Waals surface area contributed by atoms with E-state index in [1.165, 1.54) is 6.92 Å². The molecule has 3 aromatic carbocycles. The van der Waals surface area contributed by atoms with Crippen LogP contribution in [0.3, 0.4) is 0 Å². The molecule has 0 aliphatic carbocycles. The minimum Gasteiger partial charge on any atom is -0.326 e. The lowest BCUT2D eigenvalue weighted by atomic mass is 10.1. The number of rotatable bonds is 7. The number of nitrogens with one attached hydrogen (secondary N) is 2. The van der Waals surface area contributed by atoms with Gasteiger partial charge in [0.15, 0.2) is 0 Å². The molecule has 3 aromatic rings. The third-order valence-electron chi connectivity index (χ3n) is 5.23. The number of carbonyl (C=O) groups is 2. The number of aryl methyl sites for hydroxylation is 2. The summed E-state index contributed by atoms with van der Waals surface area (Å²) in [4.78, 5) is 24.2. The van der Waals surface area contributed by atoms with Gasteiger partial charge in [0, 0.05) is 18.3 Å². The van der Waals surface area contributed by atoms with Crippen LogP contribution in [-0.2, 0) is 19.6 Å². The molecule has 0 spiro atoms. The molecule has 0 aliphatic heterocycles. The maximum absolute atomic E-state index is 13.5. The van der Waals surface area contributed by atoms with Gasteiger partial charge in [0.1, 0.15) is 6.54 Å². The van der Waals surface area contributed by atoms with Crippen molar-refractivity contribution in [3.8, 4) is 0 Å². The molecular weight excluding hydrogens is 438 g/mol. The van der Waals surface area contributed by atoms with Gasteiger partial charge in [-0.25, -0.2) is 8.42 Å². The summed E-state index contributed by atoms with van der Waals surface area (Å²) in [5, 5.41) is 5.39. The van der Waals surface area contributed by atoms with Crippen molar-refractivity contribution in [1.82, 2.24) is 0 Å². The van der Waals surface area contributed by atoms with Crippen LogP contribution in [0.5, 0.6) is 0 Å². The van der Waals surface area contributed by atoms with E-state index < -0.39 is 22.5 Å². The number of carbonyl (C=O) groups excluding carboxylic acids is 2. The Hall–Kier alpha value is -3.65. The Kier molecular flexibility index (Phi) is 7.18. The van der Waals surface area contributed by atoms with Crippen molar-refractivity contribution in [3.05, 3.63) is 83.4 Å². The van der Waals surface area contributed by atoms with E-state index in [1.807, 2.05) is 26.8 Å². The molecule has 2 N–H and O–H groups in total. The minimum absolute atomic E-state index is 0.112. The first-order chi connectivity index (χ1) is 15.6. The van der Waals surface area contributed by atoms with Crippen molar-refractivity contribution in [2.45, 2.75) is 32.6 Å². The fourth-order valence-corrected chi connectivity index (χ4v) is 4.79. The summed E-state index contributed by atoms with van der Waals surface area (Å²) < 4.78 is 28.2. The Balaban J connectivity index is 1.91. The maximum atomic E-state index is 13.5. The van der Waals surface area contributed by atoms with Crippen molar-refractivity contribution in [2.24, 2.45) is 0 Å². The van der Waals surface area contributed by atoms with E-state index in [1.54, 1.807) is 60.7 Å². The molecule has 172 valence electrons. The molecule has 33 heavy (non-hydrogen) atoms. The fraction of sp³-hybridized carbons (Fsp3) is 0.200. The largest absolute Gasteiger partial charge is 0.326 e. The maximum Gasteiger partial charge on any atom is 0.264 e. The van der Waals surface area contributed by atoms with E-state index in [-0.39, 0.29) is 10.8 Å². The standard InChI is InChI=1S/C25H27N3O4S/c1-17-8-14-23(15-9-17)33(31,32)28(24-7-5-6-18(2)19(24)3)16-25(30)27-22-12-10-21(11-13-22)26-20(4)29/h5-15H,16H2,1-4H3,(H,26,29)(H,27,30). The van der Waals surface area contributed by atoms with Crippen molar-refractivity contribution in [2.75, 3.05) is 21.5 Å². The Morgan fingerprint density at radius 1 is 0.818 bits per heavy atom. The summed E-state index contributed by atoms with van der Waals surface area (Å²) in [6, 6.07) is 18.5. The second kappa shape index (κ2) is 9.87. The first-order valence-corrected chi connectivity index (χ1v) is 11.8. The van der Waals surface area contributed by atoms with Gasteiger partial charge in [-0.2, -0.15) is 0 Å². The molecule has 7 nitrogen and oxygen atoms in total. The fourth-order valence-electron chi connectivity index (χ4n) is 3.31. The molecule has 0 aromatic heterocycles. The molecule has 0 saturated carbocycles. The Morgan fingerprint density at radius 2 is 1.39 bits per heavy atom. The highest BCUT2D eigenvalue weighted by molar-refractivity contribution is 7.92. The topological polar surface area (TPSA) is 95.6 Å². The predicted octanol–water partition coefficient (Wildman–Crippen LogP) is 4.40. The Bertz CT molecular complexity index is 1270. The van der Waals surface area contributed by atoms with Crippen molar-refractivity contribution in [1.29, 1.82) is 0 Å². The van der Waals surface area contributed by atoms with Crippen LogP contribution in [0.1, 0.15) is 23.6 Å². The van der Waals surface area contributed by atoms with E-state index in [0.29, 0.717) is 17.1 Å². The van der Waals surface area contributed by atoms with Crippen LogP contribution >= 0.6 is 0 Å². The molecule has 0 bridgehead atoms. The summed E-state index contributed by atoms with van der Waals surface area (Å²) in [5.74, 6) is -0.684. The van der Waals surface area contributed by atoms with Crippen LogP contribution < -0.4 is 14.9 Å². The number of hydrogen-bond acceptors (Lipinski definition) is 4. The van der Waals surface area contributed by atoms with Crippen LogP contribution in [0.2, 0.25) is 0 Å². The van der Waals surface area contributed by atoms with Crippen LogP contribution in [0.15, 0.2) is 71.6 Å². The van der Waals surface area contributed by atoms with Gasteiger partial charge in [-0.15, -0.1) is 0 Å². The van der Waals surface area contributed by atoms with E-state index >= 15 is 0 Å². The third kappa shape index (κ3) is 5.78. The van der Waals surface area contributed by atoms with Crippen LogP contribution in [-0.4, -0.2) is 26.8 Å². The Morgan fingerprint density at radius 3 is 1.97 bits per heavy atom. The summed E-state index contributed by atoms with van der Waals surface area (Å²) in [6.07, 6.45) is 0. The smallest absolute Gasteiger partial charge is 0.264 e.